The zero-order chi connectivity index (χ0) is 11.9. The minimum Gasteiger partial charge on any atom is -0.379 e. The Bertz CT molecular complexity index is 315. The molecule has 0 amide bonds. The van der Waals surface area contributed by atoms with Gasteiger partial charge >= 0.3 is 0 Å². The molecule has 1 aromatic carbocycles. The van der Waals surface area contributed by atoms with Crippen molar-refractivity contribution in [3.8, 4) is 0 Å². The lowest BCUT2D eigenvalue weighted by molar-refractivity contribution is -0.0694. The predicted molar refractivity (Wildman–Crippen MR) is 68.0 cm³/mol. The number of nitrogens with zero attached hydrogens (tertiary/aromatic N) is 1. The van der Waals surface area contributed by atoms with E-state index in [0.29, 0.717) is 6.61 Å². The third kappa shape index (κ3) is 4.11. The van der Waals surface area contributed by atoms with Crippen molar-refractivity contribution in [3.05, 3.63) is 35.9 Å². The predicted octanol–water partition coefficient (Wildman–Crippen LogP) is 1.92. The second kappa shape index (κ2) is 6.74. The van der Waals surface area contributed by atoms with Crippen molar-refractivity contribution in [1.29, 1.82) is 0 Å². The summed E-state index contributed by atoms with van der Waals surface area (Å²) in [6, 6.07) is 10.6. The molecule has 3 nitrogen and oxygen atoms in total. The molecule has 3 heteroatoms. The van der Waals surface area contributed by atoms with Crippen molar-refractivity contribution in [1.82, 2.24) is 4.90 Å². The summed E-state index contributed by atoms with van der Waals surface area (Å²) >= 11 is 0. The minimum absolute atomic E-state index is 0.229. The molecule has 1 aliphatic heterocycles. The molecule has 1 unspecified atom stereocenters. The average molecular weight is 235 g/mol. The maximum atomic E-state index is 5.68. The number of rotatable bonds is 5. The Hall–Kier alpha value is -0.900. The largest absolute Gasteiger partial charge is 0.379 e. The van der Waals surface area contributed by atoms with Gasteiger partial charge in [-0.2, -0.15) is 0 Å². The Morgan fingerprint density at radius 3 is 2.94 bits per heavy atom. The highest BCUT2D eigenvalue weighted by Crippen LogP contribution is 2.10. The Morgan fingerprint density at radius 2 is 2.18 bits per heavy atom. The van der Waals surface area contributed by atoms with E-state index >= 15 is 0 Å². The first-order valence-electron chi connectivity index (χ1n) is 6.34. The lowest BCUT2D eigenvalue weighted by atomic mass is 10.2. The number of benzene rings is 1. The van der Waals surface area contributed by atoms with E-state index < -0.39 is 0 Å². The molecule has 1 saturated heterocycles. The van der Waals surface area contributed by atoms with Crippen LogP contribution in [0, 0.1) is 0 Å². The summed E-state index contributed by atoms with van der Waals surface area (Å²) in [6.07, 6.45) is 0.229. The zero-order valence-electron chi connectivity index (χ0n) is 10.5. The van der Waals surface area contributed by atoms with Crippen molar-refractivity contribution >= 4 is 0 Å². The second-order valence-electron chi connectivity index (χ2n) is 4.37. The highest BCUT2D eigenvalue weighted by Gasteiger charge is 2.20. The van der Waals surface area contributed by atoms with Crippen LogP contribution >= 0.6 is 0 Å². The van der Waals surface area contributed by atoms with Crippen molar-refractivity contribution < 1.29 is 9.47 Å². The molecule has 0 aliphatic carbocycles. The molecule has 0 radical (unpaired) electrons. The normalized spacial score (nSPS) is 21.6. The standard InChI is InChI=1S/C14H21NO2/c1-2-16-12-14-11-15(8-9-17-14)10-13-6-4-3-5-7-13/h3-7,14H,2,8-12H2,1H3. The van der Waals surface area contributed by atoms with E-state index in [0.717, 1.165) is 32.8 Å². The highest BCUT2D eigenvalue weighted by atomic mass is 16.5. The van der Waals surface area contributed by atoms with Gasteiger partial charge in [0, 0.05) is 26.2 Å². The summed E-state index contributed by atoms with van der Waals surface area (Å²) in [7, 11) is 0. The van der Waals surface area contributed by atoms with Gasteiger partial charge < -0.3 is 9.47 Å². The van der Waals surface area contributed by atoms with Crippen molar-refractivity contribution in [2.75, 3.05) is 32.9 Å². The first kappa shape index (κ1) is 12.6. The summed E-state index contributed by atoms with van der Waals surface area (Å²) in [4.78, 5) is 2.43. The van der Waals surface area contributed by atoms with E-state index in [-0.39, 0.29) is 6.10 Å². The fourth-order valence-electron chi connectivity index (χ4n) is 2.12. The van der Waals surface area contributed by atoms with Crippen LogP contribution in [0.25, 0.3) is 0 Å². The fourth-order valence-corrected chi connectivity index (χ4v) is 2.12. The van der Waals surface area contributed by atoms with Crippen molar-refractivity contribution in [2.45, 2.75) is 19.6 Å². The second-order valence-corrected chi connectivity index (χ2v) is 4.37. The number of hydrogen-bond donors (Lipinski definition) is 0. The van der Waals surface area contributed by atoms with Crippen LogP contribution in [0.15, 0.2) is 30.3 Å². The van der Waals surface area contributed by atoms with E-state index in [1.54, 1.807) is 0 Å². The molecule has 1 aliphatic rings. The molecule has 2 rings (SSSR count). The Kier molecular flexibility index (Phi) is 4.98. The van der Waals surface area contributed by atoms with E-state index in [1.165, 1.54) is 5.56 Å². The van der Waals surface area contributed by atoms with Gasteiger partial charge in [0.2, 0.25) is 0 Å². The highest BCUT2D eigenvalue weighted by molar-refractivity contribution is 5.14. The topological polar surface area (TPSA) is 21.7 Å². The third-order valence-electron chi connectivity index (χ3n) is 2.98. The smallest absolute Gasteiger partial charge is 0.0935 e. The first-order valence-corrected chi connectivity index (χ1v) is 6.34. The van der Waals surface area contributed by atoms with E-state index in [1.807, 2.05) is 6.92 Å². The van der Waals surface area contributed by atoms with Gasteiger partial charge in [-0.1, -0.05) is 30.3 Å². The van der Waals surface area contributed by atoms with Crippen LogP contribution < -0.4 is 0 Å². The van der Waals surface area contributed by atoms with Gasteiger partial charge in [0.25, 0.3) is 0 Å². The summed E-state index contributed by atoms with van der Waals surface area (Å²) in [6.45, 7) is 7.29. The van der Waals surface area contributed by atoms with Crippen LogP contribution in [-0.4, -0.2) is 43.9 Å². The van der Waals surface area contributed by atoms with Crippen LogP contribution in [0.3, 0.4) is 0 Å². The van der Waals surface area contributed by atoms with Crippen LogP contribution in [0.5, 0.6) is 0 Å². The maximum absolute atomic E-state index is 5.68. The SMILES string of the molecule is CCOCC1CN(Cc2ccccc2)CCO1. The fraction of sp³-hybridized carbons (Fsp3) is 0.571. The summed E-state index contributed by atoms with van der Waals surface area (Å²) in [5, 5.41) is 0. The van der Waals surface area contributed by atoms with Crippen molar-refractivity contribution in [3.63, 3.8) is 0 Å². The van der Waals surface area contributed by atoms with Gasteiger partial charge in [0.1, 0.15) is 0 Å². The molecule has 0 bridgehead atoms. The van der Waals surface area contributed by atoms with E-state index in [9.17, 15) is 0 Å². The van der Waals surface area contributed by atoms with Gasteiger partial charge in [-0.3, -0.25) is 4.90 Å². The van der Waals surface area contributed by atoms with E-state index in [4.69, 9.17) is 9.47 Å². The molecule has 17 heavy (non-hydrogen) atoms. The van der Waals surface area contributed by atoms with Crippen LogP contribution in [0.2, 0.25) is 0 Å². The molecule has 1 fully saturated rings. The maximum Gasteiger partial charge on any atom is 0.0935 e. The number of hydrogen-bond acceptors (Lipinski definition) is 3. The quantitative estimate of drug-likeness (QED) is 0.778. The monoisotopic (exact) mass is 235 g/mol. The molecule has 94 valence electrons. The molecule has 1 atom stereocenters. The van der Waals surface area contributed by atoms with Gasteiger partial charge in [0.15, 0.2) is 0 Å². The van der Waals surface area contributed by atoms with Crippen LogP contribution in [-0.2, 0) is 16.0 Å². The molecule has 0 N–H and O–H groups in total. The summed E-state index contributed by atoms with van der Waals surface area (Å²) < 4.78 is 11.1. The van der Waals surface area contributed by atoms with Gasteiger partial charge in [-0.25, -0.2) is 0 Å². The average Bonchev–Trinajstić information content (AvgIpc) is 2.38. The first-order chi connectivity index (χ1) is 8.38. The summed E-state index contributed by atoms with van der Waals surface area (Å²) in [5.41, 5.74) is 1.37. The van der Waals surface area contributed by atoms with Crippen LogP contribution in [0.4, 0.5) is 0 Å². The minimum atomic E-state index is 0.229. The summed E-state index contributed by atoms with van der Waals surface area (Å²) in [5.74, 6) is 0. The third-order valence-corrected chi connectivity index (χ3v) is 2.98. The lowest BCUT2D eigenvalue weighted by Gasteiger charge is -2.32. The number of morpholine rings is 1. The molecule has 0 saturated carbocycles. The molecular weight excluding hydrogens is 214 g/mol. The van der Waals surface area contributed by atoms with E-state index in [2.05, 4.69) is 35.2 Å². The molecule has 1 heterocycles. The Morgan fingerprint density at radius 1 is 1.35 bits per heavy atom. The lowest BCUT2D eigenvalue weighted by Crippen LogP contribution is -2.43. The number of ether oxygens (including phenoxy) is 2. The molecule has 1 aromatic rings. The van der Waals surface area contributed by atoms with Gasteiger partial charge in [0.05, 0.1) is 19.3 Å². The van der Waals surface area contributed by atoms with Gasteiger partial charge in [-0.05, 0) is 12.5 Å². The Labute approximate surface area is 103 Å². The van der Waals surface area contributed by atoms with Crippen LogP contribution in [0.1, 0.15) is 12.5 Å². The molecular formula is C14H21NO2. The molecule has 0 spiro atoms. The molecule has 0 aromatic heterocycles. The Balaban J connectivity index is 1.81. The van der Waals surface area contributed by atoms with Gasteiger partial charge in [-0.15, -0.1) is 0 Å². The zero-order valence-corrected chi connectivity index (χ0v) is 10.5. The van der Waals surface area contributed by atoms with Crippen molar-refractivity contribution in [2.24, 2.45) is 0 Å².